The van der Waals surface area contributed by atoms with Gasteiger partial charge in [0.1, 0.15) is 6.61 Å². The average molecular weight is 314 g/mol. The largest absolute Gasteiger partial charge is 0.463 e. The average Bonchev–Trinajstić information content (AvgIpc) is 3.23. The third kappa shape index (κ3) is 10.2. The number of rotatable bonds is 14. The molecule has 0 aromatic carbocycles. The van der Waals surface area contributed by atoms with Crippen molar-refractivity contribution in [1.82, 2.24) is 0 Å². The zero-order valence-electron chi connectivity index (χ0n) is 14.4. The molecule has 0 saturated carbocycles. The van der Waals surface area contributed by atoms with Gasteiger partial charge in [0.25, 0.3) is 0 Å². The Morgan fingerprint density at radius 3 is 2.27 bits per heavy atom. The molecule has 130 valence electrons. The number of ether oxygens (including phenoxy) is 2. The van der Waals surface area contributed by atoms with Crippen molar-refractivity contribution in [3.05, 3.63) is 0 Å². The molecule has 22 heavy (non-hydrogen) atoms. The van der Waals surface area contributed by atoms with E-state index in [1.807, 2.05) is 0 Å². The van der Waals surface area contributed by atoms with Crippen LogP contribution in [-0.2, 0) is 14.3 Å². The van der Waals surface area contributed by atoms with Gasteiger partial charge in [-0.05, 0) is 26.2 Å². The van der Waals surface area contributed by atoms with Crippen molar-refractivity contribution in [1.29, 1.82) is 0 Å². The van der Waals surface area contributed by atoms with Crippen molar-refractivity contribution in [3.63, 3.8) is 0 Å². The zero-order chi connectivity index (χ0) is 16.2. The molecule has 0 spiro atoms. The monoisotopic (exact) mass is 314 g/mol. The van der Waals surface area contributed by atoms with Gasteiger partial charge in [0.05, 0.1) is 18.3 Å². The van der Waals surface area contributed by atoms with Gasteiger partial charge in [0.2, 0.25) is 0 Å². The molecule has 3 atom stereocenters. The van der Waals surface area contributed by atoms with Crippen molar-refractivity contribution in [2.45, 2.75) is 103 Å². The Labute approximate surface area is 135 Å². The van der Waals surface area contributed by atoms with Gasteiger partial charge in [-0.1, -0.05) is 51.9 Å². The number of aliphatic hydroxyl groups is 1. The Bertz CT molecular complexity index is 291. The Morgan fingerprint density at radius 1 is 1.05 bits per heavy atom. The molecule has 1 fully saturated rings. The van der Waals surface area contributed by atoms with Crippen LogP contribution in [0.4, 0.5) is 0 Å². The molecule has 4 heteroatoms. The Hall–Kier alpha value is -0.610. The van der Waals surface area contributed by atoms with Gasteiger partial charge >= 0.3 is 5.97 Å². The minimum absolute atomic E-state index is 0.102. The highest BCUT2D eigenvalue weighted by Crippen LogP contribution is 2.31. The van der Waals surface area contributed by atoms with Crippen molar-refractivity contribution in [2.24, 2.45) is 0 Å². The van der Waals surface area contributed by atoms with E-state index in [-0.39, 0.29) is 12.6 Å². The van der Waals surface area contributed by atoms with E-state index < -0.39 is 6.10 Å². The molecule has 1 rings (SSSR count). The van der Waals surface area contributed by atoms with Crippen LogP contribution in [-0.4, -0.2) is 36.0 Å². The van der Waals surface area contributed by atoms with Gasteiger partial charge < -0.3 is 14.6 Å². The van der Waals surface area contributed by atoms with E-state index in [9.17, 15) is 4.79 Å². The molecule has 3 unspecified atom stereocenters. The van der Waals surface area contributed by atoms with E-state index in [0.29, 0.717) is 18.6 Å². The van der Waals surface area contributed by atoms with Gasteiger partial charge in [-0.25, -0.2) is 0 Å². The number of carbonyl (C=O) groups excluding carboxylic acids is 1. The molecular formula is C18H34O4. The lowest BCUT2D eigenvalue weighted by atomic mass is 10.0. The first-order valence-electron chi connectivity index (χ1n) is 9.12. The number of epoxide rings is 1. The first-order chi connectivity index (χ1) is 10.6. The van der Waals surface area contributed by atoms with Crippen molar-refractivity contribution >= 4 is 5.97 Å². The summed E-state index contributed by atoms with van der Waals surface area (Å²) in [5, 5.41) is 9.02. The van der Waals surface area contributed by atoms with Gasteiger partial charge in [-0.15, -0.1) is 0 Å². The minimum Gasteiger partial charge on any atom is -0.463 e. The smallest absolute Gasteiger partial charge is 0.305 e. The lowest BCUT2D eigenvalue weighted by Crippen LogP contribution is -2.15. The summed E-state index contributed by atoms with van der Waals surface area (Å²) < 4.78 is 10.6. The molecule has 4 nitrogen and oxygen atoms in total. The molecular weight excluding hydrogens is 280 g/mol. The van der Waals surface area contributed by atoms with E-state index in [4.69, 9.17) is 14.6 Å². The maximum absolute atomic E-state index is 11.4. The van der Waals surface area contributed by atoms with Crippen LogP contribution >= 0.6 is 0 Å². The third-order valence-corrected chi connectivity index (χ3v) is 4.13. The molecule has 1 aliphatic heterocycles. The second-order valence-electron chi connectivity index (χ2n) is 6.55. The Morgan fingerprint density at radius 2 is 1.64 bits per heavy atom. The minimum atomic E-state index is -0.577. The van der Waals surface area contributed by atoms with E-state index >= 15 is 0 Å². The van der Waals surface area contributed by atoms with Gasteiger partial charge in [0, 0.05) is 6.42 Å². The summed E-state index contributed by atoms with van der Waals surface area (Å²) in [7, 11) is 0. The number of unbranched alkanes of at least 4 members (excludes halogenated alkanes) is 6. The van der Waals surface area contributed by atoms with Crippen molar-refractivity contribution in [2.75, 3.05) is 6.61 Å². The van der Waals surface area contributed by atoms with Crippen LogP contribution in [0.2, 0.25) is 0 Å². The SMILES string of the molecule is CCCCCCCCC1OC1CCCCC(=O)OCC(C)O. The summed E-state index contributed by atoms with van der Waals surface area (Å²) in [5.41, 5.74) is 0. The summed E-state index contributed by atoms with van der Waals surface area (Å²) in [6, 6.07) is 0. The normalized spacial score (nSPS) is 21.6. The highest BCUT2D eigenvalue weighted by molar-refractivity contribution is 5.69. The molecule has 0 aromatic rings. The number of carbonyl (C=O) groups is 1. The lowest BCUT2D eigenvalue weighted by Gasteiger charge is -2.06. The van der Waals surface area contributed by atoms with Gasteiger partial charge in [-0.3, -0.25) is 4.79 Å². The molecule has 0 amide bonds. The van der Waals surface area contributed by atoms with Crippen LogP contribution in [0.5, 0.6) is 0 Å². The first-order valence-corrected chi connectivity index (χ1v) is 9.12. The quantitative estimate of drug-likeness (QED) is 0.299. The summed E-state index contributed by atoms with van der Waals surface area (Å²) in [6.45, 7) is 3.96. The standard InChI is InChI=1S/C18H34O4/c1-3-4-5-6-7-8-11-16-17(22-16)12-9-10-13-18(20)21-14-15(2)19/h15-17,19H,3-14H2,1-2H3. The van der Waals surface area contributed by atoms with Crippen molar-refractivity contribution in [3.8, 4) is 0 Å². The van der Waals surface area contributed by atoms with Crippen LogP contribution in [0, 0.1) is 0 Å². The zero-order valence-corrected chi connectivity index (χ0v) is 14.4. The fraction of sp³-hybridized carbons (Fsp3) is 0.944. The number of hydrogen-bond acceptors (Lipinski definition) is 4. The maximum atomic E-state index is 11.4. The van der Waals surface area contributed by atoms with Crippen LogP contribution < -0.4 is 0 Å². The maximum Gasteiger partial charge on any atom is 0.305 e. The number of esters is 1. The van der Waals surface area contributed by atoms with Crippen LogP contribution in [0.3, 0.4) is 0 Å². The van der Waals surface area contributed by atoms with Crippen molar-refractivity contribution < 1.29 is 19.4 Å². The molecule has 0 aliphatic carbocycles. The van der Waals surface area contributed by atoms with Crippen LogP contribution in [0.15, 0.2) is 0 Å². The molecule has 0 radical (unpaired) electrons. The molecule has 0 bridgehead atoms. The number of aliphatic hydroxyl groups excluding tert-OH is 1. The van der Waals surface area contributed by atoms with Gasteiger partial charge in [0.15, 0.2) is 0 Å². The van der Waals surface area contributed by atoms with Crippen LogP contribution in [0.25, 0.3) is 0 Å². The highest BCUT2D eigenvalue weighted by Gasteiger charge is 2.36. The van der Waals surface area contributed by atoms with E-state index in [1.165, 1.54) is 44.9 Å². The van der Waals surface area contributed by atoms with E-state index in [2.05, 4.69) is 6.92 Å². The predicted octanol–water partition coefficient (Wildman–Crippen LogP) is 3.99. The van der Waals surface area contributed by atoms with Gasteiger partial charge in [-0.2, -0.15) is 0 Å². The molecule has 0 aromatic heterocycles. The van der Waals surface area contributed by atoms with E-state index in [0.717, 1.165) is 19.3 Å². The summed E-state index contributed by atoms with van der Waals surface area (Å²) in [5.74, 6) is -0.207. The fourth-order valence-corrected chi connectivity index (χ4v) is 2.71. The molecule has 1 saturated heterocycles. The Balaban J connectivity index is 1.84. The number of hydrogen-bond donors (Lipinski definition) is 1. The van der Waals surface area contributed by atoms with Crippen LogP contribution in [0.1, 0.15) is 84.5 Å². The van der Waals surface area contributed by atoms with E-state index in [1.54, 1.807) is 6.92 Å². The lowest BCUT2D eigenvalue weighted by molar-refractivity contribution is -0.146. The topological polar surface area (TPSA) is 59.1 Å². The second-order valence-corrected chi connectivity index (χ2v) is 6.55. The third-order valence-electron chi connectivity index (χ3n) is 4.13. The molecule has 1 heterocycles. The fourth-order valence-electron chi connectivity index (χ4n) is 2.71. The highest BCUT2D eigenvalue weighted by atomic mass is 16.6. The Kier molecular flexibility index (Phi) is 10.5. The molecule has 1 N–H and O–H groups in total. The summed E-state index contributed by atoms with van der Waals surface area (Å²) in [6.07, 6.45) is 12.9. The summed E-state index contributed by atoms with van der Waals surface area (Å²) in [4.78, 5) is 11.4. The first kappa shape index (κ1) is 19.4. The predicted molar refractivity (Wildman–Crippen MR) is 87.8 cm³/mol. The molecule has 1 aliphatic rings. The second kappa shape index (κ2) is 11.9. The summed E-state index contributed by atoms with van der Waals surface area (Å²) >= 11 is 0.